The molecule has 0 saturated carbocycles. The van der Waals surface area contributed by atoms with Crippen LogP contribution in [0.1, 0.15) is 11.8 Å². The zero-order chi connectivity index (χ0) is 9.84. The zero-order valence-corrected chi connectivity index (χ0v) is 8.05. The Kier molecular flexibility index (Phi) is 5.66. The Balaban J connectivity index is 0.00000169. The summed E-state index contributed by atoms with van der Waals surface area (Å²) < 4.78 is 0. The van der Waals surface area contributed by atoms with Crippen LogP contribution in [0, 0.1) is 0 Å². The molecule has 0 amide bonds. The van der Waals surface area contributed by atoms with Gasteiger partial charge in [0, 0.05) is 0 Å². The normalized spacial score (nSPS) is 16.9. The van der Waals surface area contributed by atoms with Gasteiger partial charge in [0.1, 0.15) is 18.3 Å². The molecule has 7 heteroatoms. The van der Waals surface area contributed by atoms with Crippen LogP contribution in [0.25, 0.3) is 0 Å². The molecule has 1 aromatic rings. The van der Waals surface area contributed by atoms with Gasteiger partial charge in [0.05, 0.1) is 24.8 Å². The first-order valence-corrected chi connectivity index (χ1v) is 3.80. The second-order valence-corrected chi connectivity index (χ2v) is 2.69. The Labute approximate surface area is 86.7 Å². The molecule has 0 aromatic carbocycles. The molecule has 0 aliphatic carbocycles. The molecule has 0 spiro atoms. The number of hydrogen-bond acceptors (Lipinski definition) is 5. The van der Waals surface area contributed by atoms with E-state index >= 15 is 0 Å². The van der Waals surface area contributed by atoms with E-state index in [2.05, 4.69) is 9.97 Å². The van der Waals surface area contributed by atoms with E-state index in [1.54, 1.807) is 0 Å². The molecular weight excluding hydrogens is 212 g/mol. The van der Waals surface area contributed by atoms with E-state index in [-0.39, 0.29) is 12.4 Å². The first-order chi connectivity index (χ1) is 6.16. The predicted octanol–water partition coefficient (Wildman–Crippen LogP) is -1.42. The molecule has 1 heterocycles. The monoisotopic (exact) mass is 224 g/mol. The van der Waals surface area contributed by atoms with Crippen molar-refractivity contribution in [3.05, 3.63) is 18.2 Å². The highest BCUT2D eigenvalue weighted by molar-refractivity contribution is 5.85. The summed E-state index contributed by atoms with van der Waals surface area (Å²) >= 11 is 0. The Hall–Kier alpha value is -0.660. The van der Waals surface area contributed by atoms with Crippen molar-refractivity contribution in [1.29, 1.82) is 0 Å². The van der Waals surface area contributed by atoms with Crippen LogP contribution in [0.3, 0.4) is 0 Å². The molecule has 1 aromatic heterocycles. The number of aromatic amines is 1. The third-order valence-corrected chi connectivity index (χ3v) is 1.74. The average molecular weight is 225 g/mol. The van der Waals surface area contributed by atoms with Crippen molar-refractivity contribution in [2.45, 2.75) is 18.3 Å². The summed E-state index contributed by atoms with van der Waals surface area (Å²) in [6.07, 6.45) is -1.39. The van der Waals surface area contributed by atoms with Gasteiger partial charge < -0.3 is 25.4 Å². The van der Waals surface area contributed by atoms with Crippen LogP contribution in [0.4, 0.5) is 0 Å². The Morgan fingerprint density at radius 1 is 1.36 bits per heavy atom. The van der Waals surface area contributed by atoms with Crippen LogP contribution < -0.4 is 0 Å². The van der Waals surface area contributed by atoms with Crippen molar-refractivity contribution in [3.63, 3.8) is 0 Å². The fraction of sp³-hybridized carbons (Fsp3) is 0.571. The number of aromatic nitrogens is 2. The highest BCUT2D eigenvalue weighted by Gasteiger charge is 2.26. The lowest BCUT2D eigenvalue weighted by Gasteiger charge is -2.20. The van der Waals surface area contributed by atoms with Gasteiger partial charge in [-0.05, 0) is 0 Å². The molecule has 14 heavy (non-hydrogen) atoms. The summed E-state index contributed by atoms with van der Waals surface area (Å²) in [4.78, 5) is 6.22. The highest BCUT2D eigenvalue weighted by Crippen LogP contribution is 2.15. The minimum atomic E-state index is -1.43. The van der Waals surface area contributed by atoms with Crippen molar-refractivity contribution in [1.82, 2.24) is 9.97 Å². The number of aliphatic hydroxyl groups is 4. The predicted molar refractivity (Wildman–Crippen MR) is 49.9 cm³/mol. The number of aliphatic hydroxyl groups excluding tert-OH is 4. The molecule has 0 saturated heterocycles. The number of hydrogen-bond donors (Lipinski definition) is 5. The third kappa shape index (κ3) is 2.93. The van der Waals surface area contributed by atoms with E-state index in [1.165, 1.54) is 12.5 Å². The van der Waals surface area contributed by atoms with Gasteiger partial charge in [-0.15, -0.1) is 12.4 Å². The summed E-state index contributed by atoms with van der Waals surface area (Å²) in [6.45, 7) is -0.605. The molecule has 0 bridgehead atoms. The molecule has 0 aliphatic rings. The maximum Gasteiger partial charge on any atom is 0.124 e. The number of nitrogens with zero attached hydrogens (tertiary/aromatic N) is 1. The quantitative estimate of drug-likeness (QED) is 0.431. The Morgan fingerprint density at radius 3 is 2.43 bits per heavy atom. The Morgan fingerprint density at radius 2 is 2.00 bits per heavy atom. The Bertz CT molecular complexity index is 244. The average Bonchev–Trinajstić information content (AvgIpc) is 2.67. The summed E-state index contributed by atoms with van der Waals surface area (Å²) in [5.41, 5.74) is 0.292. The van der Waals surface area contributed by atoms with Crippen LogP contribution in [0.15, 0.2) is 12.5 Å². The van der Waals surface area contributed by atoms with E-state index in [0.29, 0.717) is 5.69 Å². The summed E-state index contributed by atoms with van der Waals surface area (Å²) in [5, 5.41) is 36.1. The number of H-pyrrole nitrogens is 1. The molecule has 6 nitrogen and oxygen atoms in total. The fourth-order valence-electron chi connectivity index (χ4n) is 0.931. The maximum absolute atomic E-state index is 9.39. The van der Waals surface area contributed by atoms with Gasteiger partial charge in [0.15, 0.2) is 0 Å². The van der Waals surface area contributed by atoms with Crippen molar-refractivity contribution >= 4 is 12.4 Å². The molecular formula is C7H13ClN2O4. The molecule has 0 unspecified atom stereocenters. The van der Waals surface area contributed by atoms with Crippen molar-refractivity contribution in [3.8, 4) is 0 Å². The first-order valence-electron chi connectivity index (χ1n) is 3.80. The topological polar surface area (TPSA) is 110 Å². The van der Waals surface area contributed by atoms with Gasteiger partial charge in [-0.1, -0.05) is 0 Å². The number of imidazole rings is 1. The van der Waals surface area contributed by atoms with E-state index in [0.717, 1.165) is 0 Å². The molecule has 0 aliphatic heterocycles. The minimum Gasteiger partial charge on any atom is -0.394 e. The van der Waals surface area contributed by atoms with Crippen LogP contribution in [0.2, 0.25) is 0 Å². The van der Waals surface area contributed by atoms with E-state index in [1.807, 2.05) is 0 Å². The fourth-order valence-corrected chi connectivity index (χ4v) is 0.931. The van der Waals surface area contributed by atoms with Crippen molar-refractivity contribution in [2.24, 2.45) is 0 Å². The summed E-state index contributed by atoms with van der Waals surface area (Å²) in [6, 6.07) is 0. The molecule has 0 fully saturated rings. The van der Waals surface area contributed by atoms with Crippen molar-refractivity contribution in [2.75, 3.05) is 6.61 Å². The first kappa shape index (κ1) is 13.3. The van der Waals surface area contributed by atoms with E-state index < -0.39 is 24.9 Å². The molecule has 3 atom stereocenters. The highest BCUT2D eigenvalue weighted by atomic mass is 35.5. The zero-order valence-electron chi connectivity index (χ0n) is 7.24. The van der Waals surface area contributed by atoms with Crippen LogP contribution >= 0.6 is 12.4 Å². The minimum absolute atomic E-state index is 0. The standard InChI is InChI=1S/C7H12N2O4.ClH/c10-2-5(11)7(13)6(12)4-1-8-3-9-4;/h1,3,5-7,10-13H,2H2,(H,8,9);1H/t5-,6-,7+;/m0./s1. The number of halogens is 1. The van der Waals surface area contributed by atoms with Gasteiger partial charge in [-0.25, -0.2) is 4.98 Å². The number of nitrogens with one attached hydrogen (secondary N) is 1. The van der Waals surface area contributed by atoms with Gasteiger partial charge in [0.25, 0.3) is 0 Å². The lowest BCUT2D eigenvalue weighted by molar-refractivity contribution is -0.0788. The second kappa shape index (κ2) is 5.94. The summed E-state index contributed by atoms with van der Waals surface area (Å²) in [5.74, 6) is 0. The molecule has 82 valence electrons. The van der Waals surface area contributed by atoms with Gasteiger partial charge in [-0.2, -0.15) is 0 Å². The molecule has 5 N–H and O–H groups in total. The molecule has 0 radical (unpaired) electrons. The smallest absolute Gasteiger partial charge is 0.124 e. The summed E-state index contributed by atoms with van der Waals surface area (Å²) in [7, 11) is 0. The van der Waals surface area contributed by atoms with Crippen LogP contribution in [-0.2, 0) is 0 Å². The van der Waals surface area contributed by atoms with Gasteiger partial charge in [0.2, 0.25) is 0 Å². The SMILES string of the molecule is Cl.OC[C@H](O)[C@@H](O)[C@@H](O)c1cnc[nH]1. The van der Waals surface area contributed by atoms with E-state index in [4.69, 9.17) is 10.2 Å². The van der Waals surface area contributed by atoms with Crippen molar-refractivity contribution < 1.29 is 20.4 Å². The molecule has 1 rings (SSSR count). The lowest BCUT2D eigenvalue weighted by Crippen LogP contribution is -2.34. The maximum atomic E-state index is 9.39. The lowest BCUT2D eigenvalue weighted by atomic mass is 10.1. The van der Waals surface area contributed by atoms with Gasteiger partial charge >= 0.3 is 0 Å². The second-order valence-electron chi connectivity index (χ2n) is 2.69. The van der Waals surface area contributed by atoms with Gasteiger partial charge in [-0.3, -0.25) is 0 Å². The van der Waals surface area contributed by atoms with Crippen LogP contribution in [-0.4, -0.2) is 49.2 Å². The number of rotatable bonds is 4. The third-order valence-electron chi connectivity index (χ3n) is 1.74. The van der Waals surface area contributed by atoms with E-state index in [9.17, 15) is 10.2 Å². The largest absolute Gasteiger partial charge is 0.394 e. The van der Waals surface area contributed by atoms with Crippen LogP contribution in [0.5, 0.6) is 0 Å².